The van der Waals surface area contributed by atoms with Gasteiger partial charge in [-0.1, -0.05) is 299 Å². The Morgan fingerprint density at radius 3 is 1.22 bits per heavy atom. The molecule has 6 heteroatoms. The molecule has 13 aliphatic rings. The molecule has 0 aromatic heterocycles. The Balaban J connectivity index is 0.000000239. The van der Waals surface area contributed by atoms with Crippen LogP contribution in [0.15, 0.2) is 230 Å². The summed E-state index contributed by atoms with van der Waals surface area (Å²) in [5, 5.41) is 7.94. The molecule has 18 rings (SSSR count). The first-order valence-corrected chi connectivity index (χ1v) is 46.2. The number of allylic oxidation sites excluding steroid dienone is 19. The normalized spacial score (nSPS) is 26.8. The van der Waals surface area contributed by atoms with Crippen LogP contribution in [-0.2, 0) is 89.0 Å². The average molecular weight is 1630 g/mol. The molecular formula is C101H136Cl2N2Zr2. The average Bonchev–Trinajstić information content (AvgIpc) is 1.69. The summed E-state index contributed by atoms with van der Waals surface area (Å²) in [7, 11) is 9.87. The van der Waals surface area contributed by atoms with E-state index in [4.69, 9.17) is 17.0 Å². The van der Waals surface area contributed by atoms with Gasteiger partial charge in [-0.3, -0.25) is 0 Å². The number of halogens is 2. The number of hydrogen-bond donors (Lipinski definition) is 0. The third-order valence-corrected chi connectivity index (χ3v) is 26.1. The molecule has 0 aliphatic heterocycles. The Labute approximate surface area is 693 Å². The molecule has 0 saturated heterocycles. The molecule has 0 heterocycles. The summed E-state index contributed by atoms with van der Waals surface area (Å²) in [6.45, 7) is 12.1. The fraction of sp³-hybridized carbons (Fsp3) is 0.465. The third kappa shape index (κ3) is 20.8. The van der Waals surface area contributed by atoms with Crippen LogP contribution in [0.4, 0.5) is 0 Å². The summed E-state index contributed by atoms with van der Waals surface area (Å²) in [5.74, 6) is 7.76. The maximum Gasteiger partial charge on any atom is 4.00 e. The van der Waals surface area contributed by atoms with E-state index in [1.54, 1.807) is 33.4 Å². The number of hydrogen-bond acceptors (Lipinski definition) is 0. The van der Waals surface area contributed by atoms with Gasteiger partial charge in [0, 0.05) is 28.1 Å². The number of rotatable bonds is 10. The number of fused-ring (bicyclic) bond motifs is 7. The first kappa shape index (κ1) is 93.4. The molecule has 10 unspecified atom stereocenters. The quantitative estimate of drug-likeness (QED) is 0.125. The molecule has 0 amide bonds. The molecular weight excluding hydrogens is 1490 g/mol. The molecule has 13 aliphatic carbocycles. The molecule has 0 spiro atoms. The number of benzene rings is 5. The van der Waals surface area contributed by atoms with Gasteiger partial charge in [-0.2, -0.15) is 26.2 Å². The molecule has 10 atom stereocenters. The molecule has 4 saturated carbocycles. The van der Waals surface area contributed by atoms with Crippen LogP contribution in [0.25, 0.3) is 22.3 Å². The predicted octanol–water partition coefficient (Wildman–Crippen LogP) is 29.4. The van der Waals surface area contributed by atoms with Gasteiger partial charge in [-0.15, -0.1) is 0 Å². The van der Waals surface area contributed by atoms with E-state index < -0.39 is 20.8 Å². The fourth-order valence-corrected chi connectivity index (χ4v) is 22.2. The number of aryl methyl sites for hydroxylation is 4. The molecule has 0 radical (unpaired) electrons. The second-order valence-corrected chi connectivity index (χ2v) is 34.4. The van der Waals surface area contributed by atoms with Gasteiger partial charge in [-0.05, 0) is 243 Å². The molecule has 5 aromatic rings. The van der Waals surface area contributed by atoms with Gasteiger partial charge in [0.1, 0.15) is 0 Å². The summed E-state index contributed by atoms with van der Waals surface area (Å²) in [4.78, 5) is 0. The number of nitrogens with zero attached hydrogens (tertiary/aromatic N) is 2. The Morgan fingerprint density at radius 2 is 0.766 bits per heavy atom. The van der Waals surface area contributed by atoms with Crippen molar-refractivity contribution in [3.8, 4) is 0 Å². The van der Waals surface area contributed by atoms with Gasteiger partial charge in [0.15, 0.2) is 0 Å². The van der Waals surface area contributed by atoms with Gasteiger partial charge < -0.3 is 40.3 Å². The van der Waals surface area contributed by atoms with Crippen molar-refractivity contribution in [3.63, 3.8) is 0 Å². The van der Waals surface area contributed by atoms with Crippen LogP contribution in [-0.4, -0.2) is 26.2 Å². The smallest absolute Gasteiger partial charge is 4.00 e. The first-order valence-electron chi connectivity index (χ1n) is 39.8. The molecule has 572 valence electrons. The summed E-state index contributed by atoms with van der Waals surface area (Å²) in [6.07, 6.45) is 75.4. The topological polar surface area (TPSA) is 28.2 Å². The van der Waals surface area contributed by atoms with E-state index in [2.05, 4.69) is 241 Å². The van der Waals surface area contributed by atoms with Crippen molar-refractivity contribution < 1.29 is 47.1 Å². The second kappa shape index (κ2) is 46.7. The van der Waals surface area contributed by atoms with Crippen molar-refractivity contribution >= 4 is 28.7 Å². The predicted molar refractivity (Wildman–Crippen MR) is 467 cm³/mol. The van der Waals surface area contributed by atoms with Gasteiger partial charge >= 0.3 is 64.1 Å². The van der Waals surface area contributed by atoms with Gasteiger partial charge in [-0.25, -0.2) is 0 Å². The zero-order valence-electron chi connectivity index (χ0n) is 65.7. The monoisotopic (exact) mass is 1630 g/mol. The van der Waals surface area contributed by atoms with Crippen molar-refractivity contribution in [2.45, 2.75) is 219 Å². The standard InChI is InChI=1S/2C24H30.C24H22.C15H14.2C4H10N.2CH4.4CH3.2ClH.2Zr/c3*1-5-13-21-18(8-1)15-16-23(21)24(20-11-3-4-12-20)17-7-10-19-9-2-6-14-22(19)24;1-2-7-12(6-1)15-11-5-9-13-8-3-4-10-14(13)15;2*1-3-5-4-2;;;;;;;;;;/h2*1-2,5-6,8-9,13-14,18,20-21,23H,3-4,7,10-12,15-17H2;1-6,8-9,11-16,20,23H,7,10,17H2;1-4,6-8,10H,5,9,11H2;2*3-4H2,1-2H3;2*1H4;4*1H3;2*1H;;/q;;;;2*-1;;;4*-1;;;2*+4/p-2. The maximum absolute atomic E-state index is 4.93. The van der Waals surface area contributed by atoms with Crippen LogP contribution >= 0.6 is 17.0 Å². The van der Waals surface area contributed by atoms with E-state index in [1.165, 1.54) is 187 Å². The molecule has 0 N–H and O–H groups in total. The van der Waals surface area contributed by atoms with Crippen molar-refractivity contribution in [2.24, 2.45) is 53.3 Å². The minimum atomic E-state index is -0.826. The Hall–Kier alpha value is -4.23. The van der Waals surface area contributed by atoms with E-state index in [0.29, 0.717) is 22.7 Å². The van der Waals surface area contributed by atoms with Crippen molar-refractivity contribution in [3.05, 3.63) is 326 Å². The molecule has 0 bridgehead atoms. The summed E-state index contributed by atoms with van der Waals surface area (Å²) < 4.78 is 0. The van der Waals surface area contributed by atoms with Crippen LogP contribution in [0.5, 0.6) is 0 Å². The van der Waals surface area contributed by atoms with Gasteiger partial charge in [0.25, 0.3) is 0 Å². The summed E-state index contributed by atoms with van der Waals surface area (Å²) in [6, 6.07) is 46.0. The largest absolute Gasteiger partial charge is 4.00 e. The van der Waals surface area contributed by atoms with Crippen LogP contribution in [0.1, 0.15) is 233 Å². The maximum atomic E-state index is 4.93. The molecule has 5 aromatic carbocycles. The van der Waals surface area contributed by atoms with E-state index in [9.17, 15) is 0 Å². The van der Waals surface area contributed by atoms with Gasteiger partial charge in [0.05, 0.1) is 0 Å². The fourth-order valence-electron chi connectivity index (χ4n) is 22.2. The van der Waals surface area contributed by atoms with E-state index in [0.717, 1.165) is 73.5 Å². The van der Waals surface area contributed by atoms with Crippen LogP contribution in [0.3, 0.4) is 0 Å². The molecule has 4 fully saturated rings. The zero-order chi connectivity index (χ0) is 69.0. The zero-order valence-corrected chi connectivity index (χ0v) is 72.1. The Kier molecular flexibility index (Phi) is 40.7. The minimum Gasteiger partial charge on any atom is 4.00 e. The van der Waals surface area contributed by atoms with Gasteiger partial charge in [0.2, 0.25) is 0 Å². The molecule has 2 nitrogen and oxygen atoms in total. The van der Waals surface area contributed by atoms with E-state index >= 15 is 0 Å². The van der Waals surface area contributed by atoms with Crippen LogP contribution in [0.2, 0.25) is 0 Å². The van der Waals surface area contributed by atoms with Crippen LogP contribution in [0, 0.1) is 83.0 Å². The Morgan fingerprint density at radius 1 is 0.383 bits per heavy atom. The summed E-state index contributed by atoms with van der Waals surface area (Å²) >= 11 is -0.826. The van der Waals surface area contributed by atoms with Crippen molar-refractivity contribution in [2.75, 3.05) is 26.2 Å². The van der Waals surface area contributed by atoms with Crippen molar-refractivity contribution in [1.82, 2.24) is 0 Å². The van der Waals surface area contributed by atoms with Crippen molar-refractivity contribution in [1.29, 1.82) is 0 Å². The van der Waals surface area contributed by atoms with Crippen LogP contribution < -0.4 is 0 Å². The minimum absolute atomic E-state index is 0. The Bertz CT molecular complexity index is 3620. The summed E-state index contributed by atoms with van der Waals surface area (Å²) in [5.41, 5.74) is 19.9. The first-order chi connectivity index (χ1) is 49.4. The SMILES string of the molecule is C.C.C1=CC(=C2CCCc3ccccc32)C=C1.C1=CC(C2(C3C=Cc4ccccc43)CCCc3ccccc32)C=C1.C1=CC2CCC(C3(C4CCCC4)CCCc4ccccc43)C2C=C1.C1=CC2CCC(C3(C4CCCC4)CCCc4ccccc43)C2C=C1.CC[N-]CC.CC[N-]CC.[CH3-].[CH3-].[CH3-].[CH3-].[Cl][Zr+2][Cl].[Zr+4]. The molecule has 107 heavy (non-hydrogen) atoms. The van der Waals surface area contributed by atoms with E-state index in [-0.39, 0.29) is 76.2 Å². The third-order valence-electron chi connectivity index (χ3n) is 26.1. The van der Waals surface area contributed by atoms with E-state index in [1.807, 2.05) is 27.7 Å². The second-order valence-electron chi connectivity index (χ2n) is 30.7.